The highest BCUT2D eigenvalue weighted by Gasteiger charge is 2.17. The summed E-state index contributed by atoms with van der Waals surface area (Å²) in [5.41, 5.74) is 7.95. The lowest BCUT2D eigenvalue weighted by molar-refractivity contribution is 0.0997. The molecule has 0 aliphatic heterocycles. The van der Waals surface area contributed by atoms with E-state index in [0.717, 1.165) is 22.6 Å². The lowest BCUT2D eigenvalue weighted by atomic mass is 9.91. The molecule has 1 amide bonds. The predicted octanol–water partition coefficient (Wildman–Crippen LogP) is 2.96. The number of carbonyl (C=O) groups is 1. The molecule has 1 unspecified atom stereocenters. The summed E-state index contributed by atoms with van der Waals surface area (Å²) in [5.74, 6) is 0.635. The van der Waals surface area contributed by atoms with Crippen molar-refractivity contribution in [3.8, 4) is 17.2 Å². The van der Waals surface area contributed by atoms with E-state index in [4.69, 9.17) is 15.2 Å². The van der Waals surface area contributed by atoms with Gasteiger partial charge in [0.1, 0.15) is 17.2 Å². The second-order valence-electron chi connectivity index (χ2n) is 7.41. The molecule has 3 aromatic rings. The van der Waals surface area contributed by atoms with Crippen LogP contribution in [0.5, 0.6) is 17.2 Å². The van der Waals surface area contributed by atoms with Crippen LogP contribution in [0.25, 0.3) is 0 Å². The zero-order valence-corrected chi connectivity index (χ0v) is 18.1. The Morgan fingerprint density at radius 3 is 1.84 bits per heavy atom. The van der Waals surface area contributed by atoms with E-state index >= 15 is 0 Å². The maximum atomic E-state index is 11.5. The van der Waals surface area contributed by atoms with Crippen molar-refractivity contribution in [2.45, 2.75) is 12.0 Å². The molecule has 0 spiro atoms. The molecule has 32 heavy (non-hydrogen) atoms. The van der Waals surface area contributed by atoms with E-state index in [1.165, 1.54) is 12.1 Å². The Hall–Kier alpha value is -3.55. The minimum atomic E-state index is -0.874. The van der Waals surface area contributed by atoms with Crippen molar-refractivity contribution >= 4 is 5.91 Å². The number of nitrogens with two attached hydrogens (primary N) is 1. The van der Waals surface area contributed by atoms with Gasteiger partial charge in [0, 0.05) is 19.0 Å². The van der Waals surface area contributed by atoms with Crippen LogP contribution in [0.4, 0.5) is 0 Å². The first-order valence-corrected chi connectivity index (χ1v) is 10.2. The average Bonchev–Trinajstić information content (AvgIpc) is 2.82. The van der Waals surface area contributed by atoms with Crippen LogP contribution < -0.4 is 20.5 Å². The Morgan fingerprint density at radius 2 is 1.38 bits per heavy atom. The third-order valence-corrected chi connectivity index (χ3v) is 5.39. The van der Waals surface area contributed by atoms with Gasteiger partial charge in [-0.25, -0.2) is 0 Å². The molecular formula is C25H28N2O5. The highest BCUT2D eigenvalue weighted by atomic mass is 16.5. The number of benzene rings is 3. The summed E-state index contributed by atoms with van der Waals surface area (Å²) in [5, 5.41) is 23.6. The van der Waals surface area contributed by atoms with E-state index in [-0.39, 0.29) is 23.8 Å². The van der Waals surface area contributed by atoms with Gasteiger partial charge >= 0.3 is 0 Å². The standard InChI is InChI=1S/C25H28N2O5/c1-31-19-8-3-16(4-9-19)22(17-5-10-20(32-2)11-6-17)14-27-15-24(29)18-7-12-23(28)21(13-18)25(26)30/h3-13,22,24,27-29H,14-15H2,1-2H3,(H2,26,30). The summed E-state index contributed by atoms with van der Waals surface area (Å²) < 4.78 is 10.5. The number of methoxy groups -OCH3 is 2. The van der Waals surface area contributed by atoms with Gasteiger partial charge < -0.3 is 30.7 Å². The van der Waals surface area contributed by atoms with Crippen molar-refractivity contribution < 1.29 is 24.5 Å². The van der Waals surface area contributed by atoms with Gasteiger partial charge in [-0.05, 0) is 53.1 Å². The average molecular weight is 437 g/mol. The topological polar surface area (TPSA) is 114 Å². The Bertz CT molecular complexity index is 988. The number of carbonyl (C=O) groups excluding carboxylic acids is 1. The second-order valence-corrected chi connectivity index (χ2v) is 7.41. The number of primary amides is 1. The smallest absolute Gasteiger partial charge is 0.252 e. The van der Waals surface area contributed by atoms with Crippen molar-refractivity contribution in [2.24, 2.45) is 5.73 Å². The fourth-order valence-electron chi connectivity index (χ4n) is 3.54. The summed E-state index contributed by atoms with van der Waals surface area (Å²) in [6, 6.07) is 20.1. The molecule has 3 rings (SSSR count). The molecule has 0 bridgehead atoms. The molecule has 0 saturated carbocycles. The molecule has 0 saturated heterocycles. The number of nitrogens with one attached hydrogen (secondary N) is 1. The number of hydrogen-bond donors (Lipinski definition) is 4. The quantitative estimate of drug-likeness (QED) is 0.389. The van der Waals surface area contributed by atoms with Crippen LogP contribution >= 0.6 is 0 Å². The van der Waals surface area contributed by atoms with Crippen LogP contribution in [0, 0.1) is 0 Å². The maximum Gasteiger partial charge on any atom is 0.252 e. The number of rotatable bonds is 10. The molecule has 7 nitrogen and oxygen atoms in total. The van der Waals surface area contributed by atoms with Gasteiger partial charge in [0.15, 0.2) is 0 Å². The molecule has 0 fully saturated rings. The number of aliphatic hydroxyl groups excluding tert-OH is 1. The lowest BCUT2D eigenvalue weighted by Gasteiger charge is -2.21. The van der Waals surface area contributed by atoms with Gasteiger partial charge in [-0.15, -0.1) is 0 Å². The Kier molecular flexibility index (Phi) is 7.70. The molecule has 3 aromatic carbocycles. The normalized spacial score (nSPS) is 11.9. The Morgan fingerprint density at radius 1 is 0.875 bits per heavy atom. The summed E-state index contributed by atoms with van der Waals surface area (Å²) in [4.78, 5) is 11.5. The van der Waals surface area contributed by atoms with Crippen LogP contribution in [0.3, 0.4) is 0 Å². The van der Waals surface area contributed by atoms with Gasteiger partial charge in [-0.3, -0.25) is 4.79 Å². The Balaban J connectivity index is 1.74. The van der Waals surface area contributed by atoms with E-state index in [0.29, 0.717) is 12.1 Å². The number of hydrogen-bond acceptors (Lipinski definition) is 6. The number of aromatic hydroxyl groups is 1. The molecule has 0 aromatic heterocycles. The molecule has 0 radical (unpaired) electrons. The molecule has 0 aliphatic rings. The third kappa shape index (κ3) is 5.57. The highest BCUT2D eigenvalue weighted by molar-refractivity contribution is 5.95. The van der Waals surface area contributed by atoms with Gasteiger partial charge in [0.25, 0.3) is 5.91 Å². The highest BCUT2D eigenvalue weighted by Crippen LogP contribution is 2.28. The van der Waals surface area contributed by atoms with Crippen LogP contribution in [0.2, 0.25) is 0 Å². The van der Waals surface area contributed by atoms with E-state index in [1.54, 1.807) is 20.3 Å². The number of amides is 1. The molecular weight excluding hydrogens is 408 g/mol. The molecule has 0 aliphatic carbocycles. The van der Waals surface area contributed by atoms with Crippen molar-refractivity contribution in [1.82, 2.24) is 5.32 Å². The molecule has 7 heteroatoms. The zero-order chi connectivity index (χ0) is 23.1. The van der Waals surface area contributed by atoms with E-state index in [1.807, 2.05) is 48.5 Å². The first kappa shape index (κ1) is 23.1. The number of aliphatic hydroxyl groups is 1. The molecule has 168 valence electrons. The summed E-state index contributed by atoms with van der Waals surface area (Å²) in [7, 11) is 3.26. The number of phenols is 1. The van der Waals surface area contributed by atoms with E-state index in [9.17, 15) is 15.0 Å². The van der Waals surface area contributed by atoms with Gasteiger partial charge in [0.2, 0.25) is 0 Å². The van der Waals surface area contributed by atoms with E-state index in [2.05, 4.69) is 5.32 Å². The largest absolute Gasteiger partial charge is 0.507 e. The van der Waals surface area contributed by atoms with Gasteiger partial charge in [-0.2, -0.15) is 0 Å². The van der Waals surface area contributed by atoms with Crippen molar-refractivity contribution in [2.75, 3.05) is 27.3 Å². The minimum absolute atomic E-state index is 0.0177. The lowest BCUT2D eigenvalue weighted by Crippen LogP contribution is -2.27. The number of ether oxygens (including phenoxy) is 2. The van der Waals surface area contributed by atoms with Crippen LogP contribution in [0.15, 0.2) is 66.7 Å². The molecule has 1 atom stereocenters. The summed E-state index contributed by atoms with van der Waals surface area (Å²) in [6.07, 6.45) is -0.874. The Labute approximate surface area is 187 Å². The van der Waals surface area contributed by atoms with E-state index < -0.39 is 12.0 Å². The zero-order valence-electron chi connectivity index (χ0n) is 18.1. The predicted molar refractivity (Wildman–Crippen MR) is 122 cm³/mol. The first-order valence-electron chi connectivity index (χ1n) is 10.2. The molecule has 0 heterocycles. The maximum absolute atomic E-state index is 11.5. The van der Waals surface area contributed by atoms with Gasteiger partial charge in [-0.1, -0.05) is 30.3 Å². The SMILES string of the molecule is COc1ccc(C(CNCC(O)c2ccc(O)c(C(N)=O)c2)c2ccc(OC)cc2)cc1. The third-order valence-electron chi connectivity index (χ3n) is 5.39. The van der Waals surface area contributed by atoms with Crippen LogP contribution in [-0.2, 0) is 0 Å². The minimum Gasteiger partial charge on any atom is -0.507 e. The van der Waals surface area contributed by atoms with Crippen molar-refractivity contribution in [3.05, 3.63) is 89.0 Å². The van der Waals surface area contributed by atoms with Crippen molar-refractivity contribution in [1.29, 1.82) is 0 Å². The summed E-state index contributed by atoms with van der Waals surface area (Å²) >= 11 is 0. The van der Waals surface area contributed by atoms with Crippen LogP contribution in [0.1, 0.15) is 39.1 Å². The fourth-order valence-corrected chi connectivity index (χ4v) is 3.54. The summed E-state index contributed by atoms with van der Waals surface area (Å²) in [6.45, 7) is 0.822. The fraction of sp³-hybridized carbons (Fsp3) is 0.240. The monoisotopic (exact) mass is 436 g/mol. The van der Waals surface area contributed by atoms with Crippen LogP contribution in [-0.4, -0.2) is 43.4 Å². The second kappa shape index (κ2) is 10.7. The molecule has 5 N–H and O–H groups in total. The van der Waals surface area contributed by atoms with Gasteiger partial charge in [0.05, 0.1) is 25.9 Å². The first-order chi connectivity index (χ1) is 15.4. The van der Waals surface area contributed by atoms with Crippen molar-refractivity contribution in [3.63, 3.8) is 0 Å².